The predicted octanol–water partition coefficient (Wildman–Crippen LogP) is 5.05. The van der Waals surface area contributed by atoms with Gasteiger partial charge in [0.25, 0.3) is 5.91 Å². The maximum absolute atomic E-state index is 13.3. The van der Waals surface area contributed by atoms with Gasteiger partial charge in [0.05, 0.1) is 17.7 Å². The molecule has 1 aliphatic heterocycles. The summed E-state index contributed by atoms with van der Waals surface area (Å²) in [5, 5.41) is 2.91. The van der Waals surface area contributed by atoms with Crippen molar-refractivity contribution in [1.29, 1.82) is 0 Å². The molecule has 1 N–H and O–H groups in total. The number of nitrogens with one attached hydrogen (secondary N) is 1. The molecule has 3 aromatic carbocycles. The number of carbonyl (C=O) groups excluding carboxylic acids is 2. The lowest BCUT2D eigenvalue weighted by atomic mass is 10.1. The largest absolute Gasteiger partial charge is 0.497 e. The summed E-state index contributed by atoms with van der Waals surface area (Å²) in [5.41, 5.74) is 3.93. The number of aryl methyl sites for hydroxylation is 1. The molecule has 3 aromatic rings. The Bertz CT molecular complexity index is 1170. The number of hydrogen-bond acceptors (Lipinski definition) is 4. The minimum absolute atomic E-state index is 0.0430. The maximum atomic E-state index is 13.3. The summed E-state index contributed by atoms with van der Waals surface area (Å²) in [7, 11) is 1.62. The number of hydrogen-bond donors (Lipinski definition) is 1. The summed E-state index contributed by atoms with van der Waals surface area (Å²) in [6, 6.07) is 23.4. The van der Waals surface area contributed by atoms with Crippen LogP contribution in [0.1, 0.15) is 23.6 Å². The highest BCUT2D eigenvalue weighted by Gasteiger charge is 2.30. The molecule has 0 saturated carbocycles. The third-order valence-corrected chi connectivity index (χ3v) is 6.55. The number of rotatable bonds is 7. The molecule has 0 bridgehead atoms. The molecule has 0 spiro atoms. The van der Waals surface area contributed by atoms with E-state index in [2.05, 4.69) is 24.4 Å². The van der Waals surface area contributed by atoms with E-state index in [1.165, 1.54) is 17.3 Å². The third kappa shape index (κ3) is 5.46. The number of ether oxygens (including phenoxy) is 1. The second kappa shape index (κ2) is 10.4. The Morgan fingerprint density at radius 1 is 1.00 bits per heavy atom. The quantitative estimate of drug-likeness (QED) is 0.503. The van der Waals surface area contributed by atoms with Crippen LogP contribution in [0.3, 0.4) is 0 Å². The Labute approximate surface area is 198 Å². The normalized spacial score (nSPS) is 14.2. The fourth-order valence-electron chi connectivity index (χ4n) is 3.56. The van der Waals surface area contributed by atoms with Gasteiger partial charge in [-0.2, -0.15) is 0 Å². The minimum Gasteiger partial charge on any atom is -0.497 e. The van der Waals surface area contributed by atoms with Gasteiger partial charge in [-0.1, -0.05) is 67.2 Å². The molecule has 0 aromatic heterocycles. The molecule has 4 rings (SSSR count). The van der Waals surface area contributed by atoms with Gasteiger partial charge in [-0.15, -0.1) is 0 Å². The van der Waals surface area contributed by atoms with Crippen LogP contribution in [0.5, 0.6) is 5.75 Å². The van der Waals surface area contributed by atoms with Gasteiger partial charge < -0.3 is 10.1 Å². The summed E-state index contributed by atoms with van der Waals surface area (Å²) in [6.07, 6.45) is 2.86. The van der Waals surface area contributed by atoms with E-state index in [-0.39, 0.29) is 18.4 Å². The Balaban J connectivity index is 1.50. The Kier molecular flexibility index (Phi) is 7.15. The van der Waals surface area contributed by atoms with E-state index in [0.29, 0.717) is 11.4 Å². The van der Waals surface area contributed by atoms with Crippen molar-refractivity contribution in [2.24, 2.45) is 0 Å². The molecule has 0 fully saturated rings. The van der Waals surface area contributed by atoms with Gasteiger partial charge in [-0.25, -0.2) is 0 Å². The monoisotopic (exact) mass is 458 g/mol. The summed E-state index contributed by atoms with van der Waals surface area (Å²) in [6.45, 7) is 2.45. The summed E-state index contributed by atoms with van der Waals surface area (Å²) in [5.74, 6) is 0.382. The third-order valence-electron chi connectivity index (χ3n) is 5.47. The maximum Gasteiger partial charge on any atom is 0.265 e. The zero-order valence-corrected chi connectivity index (χ0v) is 19.5. The molecule has 0 radical (unpaired) electrons. The standard InChI is InChI=1S/C27H26N2O3S/c1-3-19-8-10-20(11-9-19)16-25-27(31)29(23-6-4-5-7-24(23)33-25)18-26(30)28-17-21-12-14-22(32-2)15-13-21/h4-16H,3,17-18H2,1-2H3,(H,28,30)/b25-16+. The van der Waals surface area contributed by atoms with Crippen molar-refractivity contribution in [3.8, 4) is 5.75 Å². The first-order chi connectivity index (χ1) is 16.1. The van der Waals surface area contributed by atoms with Crippen molar-refractivity contribution in [2.75, 3.05) is 18.6 Å². The van der Waals surface area contributed by atoms with E-state index in [0.717, 1.165) is 33.9 Å². The number of benzene rings is 3. The van der Waals surface area contributed by atoms with Crippen molar-refractivity contribution >= 4 is 35.3 Å². The predicted molar refractivity (Wildman–Crippen MR) is 133 cm³/mol. The van der Waals surface area contributed by atoms with Gasteiger partial charge in [0.1, 0.15) is 12.3 Å². The van der Waals surface area contributed by atoms with E-state index in [1.807, 2.05) is 66.7 Å². The molecule has 168 valence electrons. The lowest BCUT2D eigenvalue weighted by Gasteiger charge is -2.29. The number of methoxy groups -OCH3 is 1. The molecule has 0 atom stereocenters. The highest BCUT2D eigenvalue weighted by molar-refractivity contribution is 8.04. The summed E-state index contributed by atoms with van der Waals surface area (Å²) >= 11 is 1.44. The lowest BCUT2D eigenvalue weighted by molar-refractivity contribution is -0.122. The first kappa shape index (κ1) is 22.7. The Morgan fingerprint density at radius 3 is 2.39 bits per heavy atom. The summed E-state index contributed by atoms with van der Waals surface area (Å²) in [4.78, 5) is 29.2. The number of nitrogens with zero attached hydrogens (tertiary/aromatic N) is 1. The van der Waals surface area contributed by atoms with Crippen LogP contribution in [0.4, 0.5) is 5.69 Å². The average Bonchev–Trinajstić information content (AvgIpc) is 2.86. The zero-order valence-electron chi connectivity index (χ0n) is 18.7. The van der Waals surface area contributed by atoms with Gasteiger partial charge in [-0.05, 0) is 53.5 Å². The number of thioether (sulfide) groups is 1. The molecule has 1 aliphatic rings. The number of amides is 2. The van der Waals surface area contributed by atoms with E-state index in [1.54, 1.807) is 12.0 Å². The van der Waals surface area contributed by atoms with Crippen molar-refractivity contribution in [3.63, 3.8) is 0 Å². The van der Waals surface area contributed by atoms with Gasteiger partial charge in [0.2, 0.25) is 5.91 Å². The fraction of sp³-hybridized carbons (Fsp3) is 0.185. The SMILES string of the molecule is CCc1ccc(/C=C2/Sc3ccccc3N(CC(=O)NCc3ccc(OC)cc3)C2=O)cc1. The van der Waals surface area contributed by atoms with Gasteiger partial charge >= 0.3 is 0 Å². The second-order valence-electron chi connectivity index (χ2n) is 7.69. The molecule has 2 amide bonds. The number of carbonyl (C=O) groups is 2. The van der Waals surface area contributed by atoms with Gasteiger partial charge in [0, 0.05) is 11.4 Å². The van der Waals surface area contributed by atoms with Crippen LogP contribution in [-0.2, 0) is 22.6 Å². The number of fused-ring (bicyclic) bond motifs is 1. The summed E-state index contributed by atoms with van der Waals surface area (Å²) < 4.78 is 5.17. The van der Waals surface area contributed by atoms with Gasteiger partial charge in [0.15, 0.2) is 0 Å². The lowest BCUT2D eigenvalue weighted by Crippen LogP contribution is -2.42. The Hall–Kier alpha value is -3.51. The van der Waals surface area contributed by atoms with Gasteiger partial charge in [-0.3, -0.25) is 14.5 Å². The highest BCUT2D eigenvalue weighted by atomic mass is 32.2. The van der Waals surface area contributed by atoms with Crippen molar-refractivity contribution in [3.05, 3.63) is 94.4 Å². The molecule has 5 nitrogen and oxygen atoms in total. The molecule has 0 saturated heterocycles. The molecule has 6 heteroatoms. The minimum atomic E-state index is -0.215. The van der Waals surface area contributed by atoms with Crippen LogP contribution in [0.2, 0.25) is 0 Å². The second-order valence-corrected chi connectivity index (χ2v) is 8.77. The van der Waals surface area contributed by atoms with E-state index in [4.69, 9.17) is 4.74 Å². The first-order valence-corrected chi connectivity index (χ1v) is 11.7. The number of para-hydroxylation sites is 1. The van der Waals surface area contributed by atoms with Crippen molar-refractivity contribution in [1.82, 2.24) is 5.32 Å². The first-order valence-electron chi connectivity index (χ1n) is 10.9. The van der Waals surface area contributed by atoms with E-state index >= 15 is 0 Å². The van der Waals surface area contributed by atoms with Crippen LogP contribution in [0, 0.1) is 0 Å². The average molecular weight is 459 g/mol. The van der Waals surface area contributed by atoms with Crippen molar-refractivity contribution in [2.45, 2.75) is 24.8 Å². The number of anilines is 1. The Morgan fingerprint density at radius 2 is 1.70 bits per heavy atom. The smallest absolute Gasteiger partial charge is 0.265 e. The molecular formula is C27H26N2O3S. The van der Waals surface area contributed by atoms with Crippen LogP contribution in [-0.4, -0.2) is 25.5 Å². The molecule has 33 heavy (non-hydrogen) atoms. The zero-order chi connectivity index (χ0) is 23.2. The fourth-order valence-corrected chi connectivity index (χ4v) is 4.62. The molecule has 1 heterocycles. The molecule has 0 aliphatic carbocycles. The molecular weight excluding hydrogens is 432 g/mol. The van der Waals surface area contributed by atoms with Crippen LogP contribution in [0.25, 0.3) is 6.08 Å². The highest BCUT2D eigenvalue weighted by Crippen LogP contribution is 2.41. The topological polar surface area (TPSA) is 58.6 Å². The molecule has 0 unspecified atom stereocenters. The van der Waals surface area contributed by atoms with Crippen molar-refractivity contribution < 1.29 is 14.3 Å². The van der Waals surface area contributed by atoms with E-state index in [9.17, 15) is 9.59 Å². The van der Waals surface area contributed by atoms with E-state index < -0.39 is 0 Å². The van der Waals surface area contributed by atoms with Crippen LogP contribution < -0.4 is 15.0 Å². The van der Waals surface area contributed by atoms with Crippen LogP contribution in [0.15, 0.2) is 82.6 Å². The van der Waals surface area contributed by atoms with Crippen LogP contribution >= 0.6 is 11.8 Å².